The van der Waals surface area contributed by atoms with Gasteiger partial charge in [0.25, 0.3) is 0 Å². The zero-order valence-electron chi connectivity index (χ0n) is 11.0. The van der Waals surface area contributed by atoms with Gasteiger partial charge in [0.1, 0.15) is 6.04 Å². The second-order valence-electron chi connectivity index (χ2n) is 5.15. The van der Waals surface area contributed by atoms with Crippen molar-refractivity contribution in [1.82, 2.24) is 9.88 Å². The number of anilines is 1. The lowest BCUT2D eigenvalue weighted by Gasteiger charge is -2.26. The van der Waals surface area contributed by atoms with Crippen LogP contribution >= 0.6 is 0 Å². The van der Waals surface area contributed by atoms with Gasteiger partial charge in [0.15, 0.2) is 0 Å². The van der Waals surface area contributed by atoms with Crippen molar-refractivity contribution in [3.05, 3.63) is 24.0 Å². The molecule has 5 nitrogen and oxygen atoms in total. The number of carbonyl (C=O) groups excluding carboxylic acids is 2. The van der Waals surface area contributed by atoms with Crippen molar-refractivity contribution < 1.29 is 9.59 Å². The highest BCUT2D eigenvalue weighted by molar-refractivity contribution is 6.01. The lowest BCUT2D eigenvalue weighted by atomic mass is 10.1. The molecule has 0 aliphatic carbocycles. The standard InChI is InChI=1S/C14H17N3O2/c1-10-4-6-15-9-12(10)17-8-5-13(18)16-7-2-3-11(16)14(17)19/h4,6,9,11H,2-3,5,7-8H2,1H3. The van der Waals surface area contributed by atoms with Crippen molar-refractivity contribution in [2.24, 2.45) is 0 Å². The van der Waals surface area contributed by atoms with Crippen LogP contribution in [-0.2, 0) is 9.59 Å². The fraction of sp³-hybridized carbons (Fsp3) is 0.500. The fourth-order valence-corrected chi connectivity index (χ4v) is 2.94. The summed E-state index contributed by atoms with van der Waals surface area (Å²) in [6, 6.07) is 1.62. The minimum absolute atomic E-state index is 0.0412. The lowest BCUT2D eigenvalue weighted by Crippen LogP contribution is -2.44. The van der Waals surface area contributed by atoms with Crippen molar-refractivity contribution in [1.29, 1.82) is 0 Å². The molecule has 0 radical (unpaired) electrons. The molecule has 5 heteroatoms. The second kappa shape index (κ2) is 4.64. The first-order valence-corrected chi connectivity index (χ1v) is 6.70. The van der Waals surface area contributed by atoms with E-state index in [1.54, 1.807) is 22.2 Å². The van der Waals surface area contributed by atoms with Crippen LogP contribution in [0.3, 0.4) is 0 Å². The number of aromatic nitrogens is 1. The Hall–Kier alpha value is -1.91. The highest BCUT2D eigenvalue weighted by Gasteiger charge is 2.39. The second-order valence-corrected chi connectivity index (χ2v) is 5.15. The molecule has 0 N–H and O–H groups in total. The van der Waals surface area contributed by atoms with Crippen molar-refractivity contribution in [2.75, 3.05) is 18.0 Å². The maximum Gasteiger partial charge on any atom is 0.249 e. The Balaban J connectivity index is 1.96. The first-order chi connectivity index (χ1) is 9.18. The predicted octanol–water partition coefficient (Wildman–Crippen LogP) is 1.12. The van der Waals surface area contributed by atoms with Crippen molar-refractivity contribution in [3.63, 3.8) is 0 Å². The Morgan fingerprint density at radius 1 is 1.32 bits per heavy atom. The molecule has 0 bridgehead atoms. The minimum Gasteiger partial charge on any atom is -0.331 e. The molecule has 3 heterocycles. The molecule has 1 aromatic rings. The molecule has 2 saturated heterocycles. The van der Waals surface area contributed by atoms with E-state index in [-0.39, 0.29) is 17.9 Å². The number of fused-ring (bicyclic) bond motifs is 1. The smallest absolute Gasteiger partial charge is 0.249 e. The van der Waals surface area contributed by atoms with Gasteiger partial charge in [-0.1, -0.05) is 0 Å². The summed E-state index contributed by atoms with van der Waals surface area (Å²) in [4.78, 5) is 32.2. The molecule has 2 aliphatic heterocycles. The van der Waals surface area contributed by atoms with Crippen molar-refractivity contribution in [2.45, 2.75) is 32.2 Å². The third-order valence-electron chi connectivity index (χ3n) is 3.98. The van der Waals surface area contributed by atoms with Gasteiger partial charge in [0, 0.05) is 25.7 Å². The number of pyridine rings is 1. The quantitative estimate of drug-likeness (QED) is 0.759. The van der Waals surface area contributed by atoms with Gasteiger partial charge in [-0.25, -0.2) is 0 Å². The Morgan fingerprint density at radius 3 is 2.95 bits per heavy atom. The average Bonchev–Trinajstić information content (AvgIpc) is 2.85. The molecular weight excluding hydrogens is 242 g/mol. The van der Waals surface area contributed by atoms with Gasteiger partial charge in [0.2, 0.25) is 11.8 Å². The van der Waals surface area contributed by atoms with Crippen LogP contribution in [0.25, 0.3) is 0 Å². The maximum absolute atomic E-state index is 12.6. The van der Waals surface area contributed by atoms with Gasteiger partial charge in [-0.2, -0.15) is 0 Å². The number of nitrogens with zero attached hydrogens (tertiary/aromatic N) is 3. The van der Waals surface area contributed by atoms with Crippen LogP contribution in [0, 0.1) is 6.92 Å². The molecule has 0 aromatic carbocycles. The SMILES string of the molecule is Cc1ccncc1N1CCC(=O)N2CCCC2C1=O. The van der Waals surface area contributed by atoms with E-state index in [4.69, 9.17) is 0 Å². The lowest BCUT2D eigenvalue weighted by molar-refractivity contribution is -0.135. The Morgan fingerprint density at radius 2 is 2.16 bits per heavy atom. The Kier molecular flexibility index (Phi) is 2.97. The van der Waals surface area contributed by atoms with Gasteiger partial charge in [-0.3, -0.25) is 14.6 Å². The molecule has 2 amide bonds. The molecule has 2 aliphatic rings. The van der Waals surface area contributed by atoms with Crippen LogP contribution in [0.4, 0.5) is 5.69 Å². The highest BCUT2D eigenvalue weighted by atomic mass is 16.2. The largest absolute Gasteiger partial charge is 0.331 e. The van der Waals surface area contributed by atoms with Crippen LogP contribution in [-0.4, -0.2) is 40.8 Å². The summed E-state index contributed by atoms with van der Waals surface area (Å²) >= 11 is 0. The summed E-state index contributed by atoms with van der Waals surface area (Å²) in [7, 11) is 0. The molecule has 2 fully saturated rings. The number of rotatable bonds is 1. The summed E-state index contributed by atoms with van der Waals surface area (Å²) in [6.45, 7) is 3.13. The summed E-state index contributed by atoms with van der Waals surface area (Å²) in [6.07, 6.45) is 5.52. The van der Waals surface area contributed by atoms with Crippen LogP contribution in [0.15, 0.2) is 18.5 Å². The summed E-state index contributed by atoms with van der Waals surface area (Å²) < 4.78 is 0. The van der Waals surface area contributed by atoms with Gasteiger partial charge >= 0.3 is 0 Å². The van der Waals surface area contributed by atoms with Crippen LogP contribution in [0.2, 0.25) is 0 Å². The third-order valence-corrected chi connectivity index (χ3v) is 3.98. The number of aryl methyl sites for hydroxylation is 1. The molecule has 0 spiro atoms. The van der Waals surface area contributed by atoms with Gasteiger partial charge < -0.3 is 9.80 Å². The maximum atomic E-state index is 12.6. The summed E-state index contributed by atoms with van der Waals surface area (Å²) in [5, 5.41) is 0. The van der Waals surface area contributed by atoms with E-state index in [9.17, 15) is 9.59 Å². The minimum atomic E-state index is -0.269. The van der Waals surface area contributed by atoms with E-state index in [0.717, 1.165) is 30.6 Å². The molecule has 19 heavy (non-hydrogen) atoms. The number of hydrogen-bond acceptors (Lipinski definition) is 3. The van der Waals surface area contributed by atoms with Gasteiger partial charge in [-0.05, 0) is 31.4 Å². The average molecular weight is 259 g/mol. The highest BCUT2D eigenvalue weighted by Crippen LogP contribution is 2.27. The fourth-order valence-electron chi connectivity index (χ4n) is 2.94. The topological polar surface area (TPSA) is 53.5 Å². The Labute approximate surface area is 112 Å². The molecule has 0 saturated carbocycles. The van der Waals surface area contributed by atoms with E-state index in [2.05, 4.69) is 4.98 Å². The van der Waals surface area contributed by atoms with Crippen LogP contribution in [0.1, 0.15) is 24.8 Å². The predicted molar refractivity (Wildman–Crippen MR) is 70.7 cm³/mol. The van der Waals surface area contributed by atoms with E-state index in [0.29, 0.717) is 13.0 Å². The molecular formula is C14H17N3O2. The zero-order chi connectivity index (χ0) is 13.4. The summed E-state index contributed by atoms with van der Waals surface area (Å²) in [5.41, 5.74) is 1.84. The number of carbonyl (C=O) groups is 2. The first kappa shape index (κ1) is 12.1. The van der Waals surface area contributed by atoms with Gasteiger partial charge in [0.05, 0.1) is 11.9 Å². The summed E-state index contributed by atoms with van der Waals surface area (Å²) in [5.74, 6) is 0.138. The van der Waals surface area contributed by atoms with Crippen LogP contribution < -0.4 is 4.90 Å². The van der Waals surface area contributed by atoms with Crippen molar-refractivity contribution in [3.8, 4) is 0 Å². The van der Waals surface area contributed by atoms with E-state index in [1.807, 2.05) is 13.0 Å². The molecule has 1 unspecified atom stereocenters. The molecule has 1 aromatic heterocycles. The molecule has 100 valence electrons. The van der Waals surface area contributed by atoms with Crippen molar-refractivity contribution >= 4 is 17.5 Å². The number of amides is 2. The Bertz CT molecular complexity index is 529. The number of hydrogen-bond donors (Lipinski definition) is 0. The van der Waals surface area contributed by atoms with E-state index < -0.39 is 0 Å². The van der Waals surface area contributed by atoms with Gasteiger partial charge in [-0.15, -0.1) is 0 Å². The monoisotopic (exact) mass is 259 g/mol. The normalized spacial score (nSPS) is 23.5. The zero-order valence-corrected chi connectivity index (χ0v) is 11.0. The van der Waals surface area contributed by atoms with Crippen LogP contribution in [0.5, 0.6) is 0 Å². The molecule has 3 rings (SSSR count). The van der Waals surface area contributed by atoms with E-state index in [1.165, 1.54) is 0 Å². The van der Waals surface area contributed by atoms with E-state index >= 15 is 0 Å². The first-order valence-electron chi connectivity index (χ1n) is 6.70. The molecule has 1 atom stereocenters. The third kappa shape index (κ3) is 1.99.